The van der Waals surface area contributed by atoms with Crippen molar-refractivity contribution in [3.05, 3.63) is 52.7 Å². The molecular weight excluding hydrogens is 359 g/mol. The molecule has 148 valence electrons. The monoisotopic (exact) mass is 384 g/mol. The minimum absolute atomic E-state index is 0.223. The van der Waals surface area contributed by atoms with Crippen molar-refractivity contribution >= 4 is 11.7 Å². The van der Waals surface area contributed by atoms with Gasteiger partial charge in [0.2, 0.25) is 5.95 Å². The molecule has 6 nitrogen and oxygen atoms in total. The molecule has 2 atom stereocenters. The van der Waals surface area contributed by atoms with Crippen molar-refractivity contribution in [2.45, 2.75) is 50.7 Å². The second-order valence-corrected chi connectivity index (χ2v) is 7.74. The first-order chi connectivity index (χ1) is 13.5. The van der Waals surface area contributed by atoms with E-state index in [-0.39, 0.29) is 11.9 Å². The van der Waals surface area contributed by atoms with Crippen LogP contribution < -0.4 is 10.2 Å². The third-order valence-corrected chi connectivity index (χ3v) is 5.72. The molecule has 1 aliphatic carbocycles. The summed E-state index contributed by atoms with van der Waals surface area (Å²) in [6.07, 6.45) is 5.96. The number of fused-ring (bicyclic) bond motifs is 1. The predicted octanol–water partition coefficient (Wildman–Crippen LogP) is 2.23. The molecule has 2 N–H and O–H groups in total. The molecule has 1 amide bonds. The van der Waals surface area contributed by atoms with Crippen LogP contribution in [0.2, 0.25) is 0 Å². The molecule has 1 saturated carbocycles. The Kier molecular flexibility index (Phi) is 5.26. The Bertz CT molecular complexity index is 871. The van der Waals surface area contributed by atoms with Crippen molar-refractivity contribution in [2.75, 3.05) is 18.5 Å². The SMILES string of the molecule is CN1CCc2c(Cc3ccc(F)nc3)cc(C(=O)N[C@H]3CCCC[C@@H]3O)nc21. The van der Waals surface area contributed by atoms with Gasteiger partial charge < -0.3 is 15.3 Å². The molecular formula is C21H25FN4O2. The van der Waals surface area contributed by atoms with Gasteiger partial charge in [0.25, 0.3) is 5.91 Å². The second kappa shape index (κ2) is 7.83. The van der Waals surface area contributed by atoms with Gasteiger partial charge in [0.05, 0.1) is 12.1 Å². The maximum absolute atomic E-state index is 13.1. The summed E-state index contributed by atoms with van der Waals surface area (Å²) in [5, 5.41) is 13.1. The molecule has 3 heterocycles. The molecule has 4 rings (SSSR count). The van der Waals surface area contributed by atoms with E-state index in [9.17, 15) is 14.3 Å². The molecule has 2 aromatic heterocycles. The fraction of sp³-hybridized carbons (Fsp3) is 0.476. The number of aliphatic hydroxyl groups is 1. The minimum Gasteiger partial charge on any atom is -0.391 e. The third-order valence-electron chi connectivity index (χ3n) is 5.72. The lowest BCUT2D eigenvalue weighted by Crippen LogP contribution is -2.45. The van der Waals surface area contributed by atoms with Gasteiger partial charge in [0, 0.05) is 25.4 Å². The smallest absolute Gasteiger partial charge is 0.270 e. The summed E-state index contributed by atoms with van der Waals surface area (Å²) < 4.78 is 13.1. The summed E-state index contributed by atoms with van der Waals surface area (Å²) in [5.41, 5.74) is 3.38. The van der Waals surface area contributed by atoms with Crippen molar-refractivity contribution < 1.29 is 14.3 Å². The average Bonchev–Trinajstić information content (AvgIpc) is 3.07. The van der Waals surface area contributed by atoms with Gasteiger partial charge in [-0.2, -0.15) is 4.39 Å². The molecule has 0 aromatic carbocycles. The zero-order valence-electron chi connectivity index (χ0n) is 16.0. The average molecular weight is 384 g/mol. The molecule has 2 aliphatic rings. The highest BCUT2D eigenvalue weighted by molar-refractivity contribution is 5.93. The van der Waals surface area contributed by atoms with E-state index < -0.39 is 12.1 Å². The zero-order valence-corrected chi connectivity index (χ0v) is 16.0. The van der Waals surface area contributed by atoms with Crippen LogP contribution in [0.4, 0.5) is 10.2 Å². The standard InChI is InChI=1S/C21H25FN4O2/c1-26-9-8-15-14(10-13-6-7-19(22)23-12-13)11-17(24-20(15)26)21(28)25-16-4-2-3-5-18(16)27/h6-7,11-12,16,18,27H,2-5,8-10H2,1H3,(H,25,28)/t16-,18-/m0/s1. The van der Waals surface area contributed by atoms with E-state index in [2.05, 4.69) is 15.3 Å². The van der Waals surface area contributed by atoms with E-state index in [4.69, 9.17) is 0 Å². The predicted molar refractivity (Wildman–Crippen MR) is 104 cm³/mol. The van der Waals surface area contributed by atoms with Crippen LogP contribution in [0.5, 0.6) is 0 Å². The molecule has 0 saturated heterocycles. The van der Waals surface area contributed by atoms with E-state index in [1.807, 2.05) is 18.0 Å². The van der Waals surface area contributed by atoms with Crippen LogP contribution >= 0.6 is 0 Å². The number of hydrogen-bond acceptors (Lipinski definition) is 5. The van der Waals surface area contributed by atoms with Gasteiger partial charge in [-0.15, -0.1) is 0 Å². The minimum atomic E-state index is -0.505. The van der Waals surface area contributed by atoms with Crippen molar-refractivity contribution in [2.24, 2.45) is 0 Å². The first kappa shape index (κ1) is 18.8. The van der Waals surface area contributed by atoms with Gasteiger partial charge in [-0.3, -0.25) is 4.79 Å². The van der Waals surface area contributed by atoms with Crippen molar-refractivity contribution in [1.82, 2.24) is 15.3 Å². The molecule has 0 unspecified atom stereocenters. The topological polar surface area (TPSA) is 78.4 Å². The molecule has 1 aliphatic heterocycles. The maximum atomic E-state index is 13.1. The number of likely N-dealkylation sites (N-methyl/N-ethyl adjacent to an activating group) is 1. The third kappa shape index (κ3) is 3.85. The van der Waals surface area contributed by atoms with Gasteiger partial charge in [0.15, 0.2) is 0 Å². The lowest BCUT2D eigenvalue weighted by Gasteiger charge is -2.28. The summed E-state index contributed by atoms with van der Waals surface area (Å²) >= 11 is 0. The molecule has 1 fully saturated rings. The fourth-order valence-electron chi connectivity index (χ4n) is 4.11. The van der Waals surface area contributed by atoms with Crippen LogP contribution in [-0.2, 0) is 12.8 Å². The number of nitrogens with zero attached hydrogens (tertiary/aromatic N) is 3. The first-order valence-corrected chi connectivity index (χ1v) is 9.84. The Morgan fingerprint density at radius 2 is 2.18 bits per heavy atom. The lowest BCUT2D eigenvalue weighted by atomic mass is 9.92. The number of aliphatic hydroxyl groups excluding tert-OH is 1. The molecule has 2 aromatic rings. The summed E-state index contributed by atoms with van der Waals surface area (Å²) in [6.45, 7) is 0.851. The van der Waals surface area contributed by atoms with Crippen LogP contribution in [-0.4, -0.2) is 46.7 Å². The van der Waals surface area contributed by atoms with Gasteiger partial charge in [0.1, 0.15) is 11.5 Å². The van der Waals surface area contributed by atoms with Crippen LogP contribution in [0.25, 0.3) is 0 Å². The van der Waals surface area contributed by atoms with Crippen LogP contribution in [0.15, 0.2) is 24.4 Å². The number of amides is 1. The van der Waals surface area contributed by atoms with Crippen LogP contribution in [0.3, 0.4) is 0 Å². The summed E-state index contributed by atoms with van der Waals surface area (Å²) in [6, 6.07) is 4.66. The number of rotatable bonds is 4. The second-order valence-electron chi connectivity index (χ2n) is 7.74. The number of nitrogens with one attached hydrogen (secondary N) is 1. The van der Waals surface area contributed by atoms with Crippen molar-refractivity contribution in [1.29, 1.82) is 0 Å². The fourth-order valence-corrected chi connectivity index (χ4v) is 4.11. The van der Waals surface area contributed by atoms with Crippen LogP contribution in [0, 0.1) is 5.95 Å². The summed E-state index contributed by atoms with van der Waals surface area (Å²) in [4.78, 5) is 23.2. The molecule has 0 bridgehead atoms. The lowest BCUT2D eigenvalue weighted by molar-refractivity contribution is 0.0714. The summed E-state index contributed by atoms with van der Waals surface area (Å²) in [5.74, 6) is 0.0593. The highest BCUT2D eigenvalue weighted by Gasteiger charge is 2.28. The number of carbonyl (C=O) groups is 1. The van der Waals surface area contributed by atoms with Gasteiger partial charge >= 0.3 is 0 Å². The molecule has 28 heavy (non-hydrogen) atoms. The highest BCUT2D eigenvalue weighted by atomic mass is 19.1. The maximum Gasteiger partial charge on any atom is 0.270 e. The van der Waals surface area contributed by atoms with E-state index in [0.29, 0.717) is 18.5 Å². The molecule has 7 heteroatoms. The first-order valence-electron chi connectivity index (χ1n) is 9.84. The Morgan fingerprint density at radius 1 is 1.36 bits per heavy atom. The van der Waals surface area contributed by atoms with Crippen molar-refractivity contribution in [3.63, 3.8) is 0 Å². The van der Waals surface area contributed by atoms with E-state index >= 15 is 0 Å². The Morgan fingerprint density at radius 3 is 2.93 bits per heavy atom. The quantitative estimate of drug-likeness (QED) is 0.791. The number of halogens is 1. The number of pyridine rings is 2. The van der Waals surface area contributed by atoms with Gasteiger partial charge in [-0.05, 0) is 48.9 Å². The number of hydrogen-bond donors (Lipinski definition) is 2. The normalized spacial score (nSPS) is 21.5. The number of aromatic nitrogens is 2. The summed E-state index contributed by atoms with van der Waals surface area (Å²) in [7, 11) is 1.97. The highest BCUT2D eigenvalue weighted by Crippen LogP contribution is 2.30. The Balaban J connectivity index is 1.61. The largest absolute Gasteiger partial charge is 0.391 e. The number of carbonyl (C=O) groups excluding carboxylic acids is 1. The van der Waals surface area contributed by atoms with E-state index in [1.165, 1.54) is 12.3 Å². The van der Waals surface area contributed by atoms with E-state index in [1.54, 1.807) is 6.07 Å². The zero-order chi connectivity index (χ0) is 19.7. The Labute approximate surface area is 163 Å². The number of anilines is 1. The Hall–Kier alpha value is -2.54. The molecule has 0 spiro atoms. The van der Waals surface area contributed by atoms with Gasteiger partial charge in [-0.1, -0.05) is 18.9 Å². The van der Waals surface area contributed by atoms with E-state index in [0.717, 1.165) is 54.7 Å². The van der Waals surface area contributed by atoms with Gasteiger partial charge in [-0.25, -0.2) is 9.97 Å². The van der Waals surface area contributed by atoms with Crippen LogP contribution in [0.1, 0.15) is 52.9 Å². The molecule has 0 radical (unpaired) electrons. The van der Waals surface area contributed by atoms with Crippen molar-refractivity contribution in [3.8, 4) is 0 Å².